The molecule has 1 N–H and O–H groups in total. The van der Waals surface area contributed by atoms with E-state index < -0.39 is 10.0 Å². The van der Waals surface area contributed by atoms with Crippen molar-refractivity contribution in [2.24, 2.45) is 0 Å². The van der Waals surface area contributed by atoms with Gasteiger partial charge in [-0.1, -0.05) is 13.0 Å². The van der Waals surface area contributed by atoms with Gasteiger partial charge in [0.15, 0.2) is 0 Å². The first-order chi connectivity index (χ1) is 11.0. The van der Waals surface area contributed by atoms with Gasteiger partial charge >= 0.3 is 0 Å². The number of hydrogen-bond acceptors (Lipinski definition) is 3. The smallest absolute Gasteiger partial charge is 0.214 e. The maximum Gasteiger partial charge on any atom is 0.214 e. The summed E-state index contributed by atoms with van der Waals surface area (Å²) in [6, 6.07) is 5.94. The van der Waals surface area contributed by atoms with Gasteiger partial charge in [-0.3, -0.25) is 0 Å². The van der Waals surface area contributed by atoms with E-state index in [4.69, 9.17) is 4.74 Å². The van der Waals surface area contributed by atoms with Crippen molar-refractivity contribution in [1.29, 1.82) is 0 Å². The molecule has 0 atom stereocenters. The van der Waals surface area contributed by atoms with E-state index in [1.165, 1.54) is 5.57 Å². The highest BCUT2D eigenvalue weighted by molar-refractivity contribution is 7.89. The van der Waals surface area contributed by atoms with E-state index in [0.29, 0.717) is 19.5 Å². The molecule has 124 valence electrons. The predicted molar refractivity (Wildman–Crippen MR) is 93.1 cm³/mol. The van der Waals surface area contributed by atoms with Crippen molar-refractivity contribution in [3.63, 3.8) is 0 Å². The zero-order chi connectivity index (χ0) is 16.4. The molecule has 0 spiro atoms. The number of methoxy groups -OCH3 is 1. The Balaban J connectivity index is 1.88. The summed E-state index contributed by atoms with van der Waals surface area (Å²) >= 11 is 0. The molecule has 6 heteroatoms. The molecule has 1 aromatic carbocycles. The van der Waals surface area contributed by atoms with Gasteiger partial charge < -0.3 is 9.72 Å². The zero-order valence-electron chi connectivity index (χ0n) is 13.5. The van der Waals surface area contributed by atoms with Crippen LogP contribution < -0.4 is 4.74 Å². The average molecular weight is 334 g/mol. The van der Waals surface area contributed by atoms with Crippen LogP contribution in [0.4, 0.5) is 0 Å². The summed E-state index contributed by atoms with van der Waals surface area (Å²) in [5.41, 5.74) is 3.38. The van der Waals surface area contributed by atoms with E-state index in [1.54, 1.807) is 11.4 Å². The average Bonchev–Trinajstić information content (AvgIpc) is 2.98. The monoisotopic (exact) mass is 334 g/mol. The molecule has 2 aromatic rings. The molecule has 23 heavy (non-hydrogen) atoms. The topological polar surface area (TPSA) is 62.4 Å². The molecule has 0 unspecified atom stereocenters. The zero-order valence-corrected chi connectivity index (χ0v) is 14.3. The van der Waals surface area contributed by atoms with Gasteiger partial charge in [-0.2, -0.15) is 4.31 Å². The van der Waals surface area contributed by atoms with Gasteiger partial charge in [0.2, 0.25) is 10.0 Å². The molecule has 0 aliphatic carbocycles. The van der Waals surface area contributed by atoms with Gasteiger partial charge in [-0.25, -0.2) is 8.42 Å². The highest BCUT2D eigenvalue weighted by Crippen LogP contribution is 2.31. The van der Waals surface area contributed by atoms with Crippen LogP contribution in [0.25, 0.3) is 16.5 Å². The lowest BCUT2D eigenvalue weighted by molar-refractivity contribution is 0.415. The second-order valence-electron chi connectivity index (χ2n) is 5.77. The van der Waals surface area contributed by atoms with Gasteiger partial charge in [0, 0.05) is 35.8 Å². The van der Waals surface area contributed by atoms with E-state index in [0.717, 1.165) is 28.6 Å². The number of aromatic nitrogens is 1. The van der Waals surface area contributed by atoms with E-state index >= 15 is 0 Å². The van der Waals surface area contributed by atoms with Crippen LogP contribution in [0.2, 0.25) is 0 Å². The third kappa shape index (κ3) is 3.14. The van der Waals surface area contributed by atoms with Crippen molar-refractivity contribution in [3.05, 3.63) is 36.0 Å². The van der Waals surface area contributed by atoms with Gasteiger partial charge in [-0.15, -0.1) is 0 Å². The molecule has 2 heterocycles. The molecular weight excluding hydrogens is 312 g/mol. The van der Waals surface area contributed by atoms with E-state index in [9.17, 15) is 8.42 Å². The first-order valence-corrected chi connectivity index (χ1v) is 9.48. The molecule has 0 bridgehead atoms. The van der Waals surface area contributed by atoms with Gasteiger partial charge in [0.05, 0.1) is 12.9 Å². The minimum Gasteiger partial charge on any atom is -0.497 e. The van der Waals surface area contributed by atoms with Gasteiger partial charge in [0.1, 0.15) is 5.75 Å². The summed E-state index contributed by atoms with van der Waals surface area (Å²) in [6.45, 7) is 2.89. The van der Waals surface area contributed by atoms with Crippen LogP contribution >= 0.6 is 0 Å². The van der Waals surface area contributed by atoms with E-state index in [1.807, 2.05) is 37.4 Å². The fourth-order valence-corrected chi connectivity index (χ4v) is 4.47. The number of sulfonamides is 1. The summed E-state index contributed by atoms with van der Waals surface area (Å²) in [6.07, 6.45) is 5.40. The quantitative estimate of drug-likeness (QED) is 0.914. The number of nitrogens with zero attached hydrogens (tertiary/aromatic N) is 1. The molecule has 1 aliphatic heterocycles. The Morgan fingerprint density at radius 3 is 2.83 bits per heavy atom. The second-order valence-corrected chi connectivity index (χ2v) is 7.86. The fourth-order valence-electron chi connectivity index (χ4n) is 3.03. The van der Waals surface area contributed by atoms with E-state index in [2.05, 4.69) is 4.98 Å². The minimum absolute atomic E-state index is 0.223. The molecule has 0 amide bonds. The molecule has 0 radical (unpaired) electrons. The first kappa shape index (κ1) is 16.1. The Labute approximate surface area is 137 Å². The predicted octanol–water partition coefficient (Wildman–Crippen LogP) is 3.01. The van der Waals surface area contributed by atoms with Crippen LogP contribution in [-0.2, 0) is 10.0 Å². The molecule has 1 aliphatic rings. The SMILES string of the molecule is CCCS(=O)(=O)N1CC=C(c2c[nH]c3ccc(OC)cc23)CC1. The van der Waals surface area contributed by atoms with Crippen LogP contribution in [0.5, 0.6) is 5.75 Å². The lowest BCUT2D eigenvalue weighted by Gasteiger charge is -2.25. The largest absolute Gasteiger partial charge is 0.497 e. The lowest BCUT2D eigenvalue weighted by Crippen LogP contribution is -2.36. The third-order valence-corrected chi connectivity index (χ3v) is 6.30. The van der Waals surface area contributed by atoms with E-state index in [-0.39, 0.29) is 5.75 Å². The Morgan fingerprint density at radius 2 is 2.17 bits per heavy atom. The van der Waals surface area contributed by atoms with Crippen LogP contribution in [0.1, 0.15) is 25.3 Å². The number of aromatic amines is 1. The normalized spacial score (nSPS) is 16.5. The number of fused-ring (bicyclic) bond motifs is 1. The number of nitrogens with one attached hydrogen (secondary N) is 1. The molecule has 3 rings (SSSR count). The summed E-state index contributed by atoms with van der Waals surface area (Å²) in [5, 5.41) is 1.11. The summed E-state index contributed by atoms with van der Waals surface area (Å²) in [5.74, 6) is 1.04. The van der Waals surface area contributed by atoms with Gasteiger partial charge in [0.25, 0.3) is 0 Å². The van der Waals surface area contributed by atoms with Crippen LogP contribution in [0.3, 0.4) is 0 Å². The van der Waals surface area contributed by atoms with Gasteiger partial charge in [-0.05, 0) is 36.6 Å². The summed E-state index contributed by atoms with van der Waals surface area (Å²) < 4.78 is 31.2. The molecule has 0 saturated heterocycles. The molecule has 1 aromatic heterocycles. The van der Waals surface area contributed by atoms with Crippen molar-refractivity contribution in [1.82, 2.24) is 9.29 Å². The molecule has 5 nitrogen and oxygen atoms in total. The standard InChI is InChI=1S/C17H22N2O3S/c1-3-10-23(20,21)19-8-6-13(7-9-19)16-12-18-17-5-4-14(22-2)11-15(16)17/h4-6,11-12,18H,3,7-10H2,1-2H3. The summed E-state index contributed by atoms with van der Waals surface area (Å²) in [7, 11) is -1.46. The number of hydrogen-bond donors (Lipinski definition) is 1. The first-order valence-electron chi connectivity index (χ1n) is 7.87. The maximum atomic E-state index is 12.1. The lowest BCUT2D eigenvalue weighted by atomic mass is 9.99. The number of benzene rings is 1. The highest BCUT2D eigenvalue weighted by Gasteiger charge is 2.24. The molecule has 0 saturated carbocycles. The van der Waals surface area contributed by atoms with Crippen molar-refractivity contribution in [3.8, 4) is 5.75 Å². The molecular formula is C17H22N2O3S. The van der Waals surface area contributed by atoms with Crippen molar-refractivity contribution in [2.45, 2.75) is 19.8 Å². The Bertz CT molecular complexity index is 837. The highest BCUT2D eigenvalue weighted by atomic mass is 32.2. The van der Waals surface area contributed by atoms with Crippen LogP contribution in [0, 0.1) is 0 Å². The fraction of sp³-hybridized carbons (Fsp3) is 0.412. The number of rotatable bonds is 5. The van der Waals surface area contributed by atoms with Crippen LogP contribution in [0.15, 0.2) is 30.5 Å². The van der Waals surface area contributed by atoms with Crippen molar-refractivity contribution >= 4 is 26.5 Å². The van der Waals surface area contributed by atoms with Crippen LogP contribution in [-0.4, -0.2) is 43.7 Å². The third-order valence-electron chi connectivity index (χ3n) is 4.26. The van der Waals surface area contributed by atoms with Crippen molar-refractivity contribution < 1.29 is 13.2 Å². The minimum atomic E-state index is -3.12. The Hall–Kier alpha value is -1.79. The second kappa shape index (κ2) is 6.37. The molecule has 0 fully saturated rings. The summed E-state index contributed by atoms with van der Waals surface area (Å²) in [4.78, 5) is 3.27. The number of H-pyrrole nitrogens is 1. The number of ether oxygens (including phenoxy) is 1. The Kier molecular flexibility index (Phi) is 4.46. The maximum absolute atomic E-state index is 12.1. The Morgan fingerprint density at radius 1 is 1.35 bits per heavy atom. The van der Waals surface area contributed by atoms with Crippen molar-refractivity contribution in [2.75, 3.05) is 26.0 Å².